The van der Waals surface area contributed by atoms with Crippen molar-refractivity contribution in [2.45, 2.75) is 77.7 Å². The monoisotopic (exact) mass is 356 g/mol. The number of rotatable bonds is 0. The van der Waals surface area contributed by atoms with E-state index in [1.165, 1.54) is 6.42 Å². The first-order valence-corrected chi connectivity index (χ1v) is 10.3. The lowest BCUT2D eigenvalue weighted by atomic mass is 9.44. The molecule has 0 saturated heterocycles. The van der Waals surface area contributed by atoms with Crippen molar-refractivity contribution in [3.63, 3.8) is 0 Å². The van der Waals surface area contributed by atoms with Crippen LogP contribution in [0.2, 0.25) is 0 Å². The van der Waals surface area contributed by atoms with Gasteiger partial charge in [0.1, 0.15) is 5.60 Å². The zero-order valence-corrected chi connectivity index (χ0v) is 16.3. The summed E-state index contributed by atoms with van der Waals surface area (Å²) in [5, 5.41) is 20.8. The number of fused-ring (bicyclic) bond motifs is 5. The van der Waals surface area contributed by atoms with Crippen LogP contribution in [0.5, 0.6) is 0 Å². The van der Waals surface area contributed by atoms with Gasteiger partial charge in [-0.25, -0.2) is 0 Å². The summed E-state index contributed by atoms with van der Waals surface area (Å²) in [6, 6.07) is 0. The molecule has 0 unspecified atom stereocenters. The van der Waals surface area contributed by atoms with Gasteiger partial charge in [0.25, 0.3) is 0 Å². The molecule has 26 heavy (non-hydrogen) atoms. The van der Waals surface area contributed by atoms with Crippen LogP contribution >= 0.6 is 0 Å². The van der Waals surface area contributed by atoms with E-state index in [9.17, 15) is 15.0 Å². The molecule has 0 bridgehead atoms. The van der Waals surface area contributed by atoms with E-state index in [4.69, 9.17) is 0 Å². The van der Waals surface area contributed by atoms with Crippen molar-refractivity contribution in [3.05, 3.63) is 11.8 Å². The molecular weight excluding hydrogens is 324 g/mol. The summed E-state index contributed by atoms with van der Waals surface area (Å²) < 4.78 is 0. The Kier molecular flexibility index (Phi) is 4.08. The predicted octanol–water partition coefficient (Wildman–Crippen LogP) is 4.40. The van der Waals surface area contributed by atoms with Crippen molar-refractivity contribution in [2.75, 3.05) is 0 Å². The Morgan fingerprint density at radius 3 is 2.54 bits per heavy atom. The van der Waals surface area contributed by atoms with Crippen molar-refractivity contribution in [2.24, 2.45) is 34.5 Å². The maximum atomic E-state index is 12.3. The zero-order valence-electron chi connectivity index (χ0n) is 16.3. The van der Waals surface area contributed by atoms with Gasteiger partial charge >= 0.3 is 0 Å². The lowest BCUT2D eigenvalue weighted by molar-refractivity contribution is -0.141. The minimum atomic E-state index is -0.839. The van der Waals surface area contributed by atoms with Crippen LogP contribution in [0, 0.1) is 46.3 Å². The zero-order chi connectivity index (χ0) is 18.7. The van der Waals surface area contributed by atoms with Crippen LogP contribution in [0.1, 0.15) is 72.1 Å². The lowest BCUT2D eigenvalue weighted by Gasteiger charge is -2.60. The maximum Gasteiger partial charge on any atom is 0.162 e. The summed E-state index contributed by atoms with van der Waals surface area (Å²) in [6.45, 7) is 6.46. The van der Waals surface area contributed by atoms with E-state index in [2.05, 4.69) is 25.7 Å². The molecule has 0 spiro atoms. The summed E-state index contributed by atoms with van der Waals surface area (Å²) in [6.07, 6.45) is 8.62. The molecular formula is C23H32O3. The van der Waals surface area contributed by atoms with Crippen LogP contribution < -0.4 is 0 Å². The van der Waals surface area contributed by atoms with Gasteiger partial charge in [0.05, 0.1) is 6.26 Å². The van der Waals surface area contributed by atoms with Gasteiger partial charge in [0.15, 0.2) is 5.78 Å². The molecule has 142 valence electrons. The molecule has 2 N–H and O–H groups in total. The van der Waals surface area contributed by atoms with Crippen LogP contribution in [0.4, 0.5) is 0 Å². The van der Waals surface area contributed by atoms with E-state index < -0.39 is 5.60 Å². The molecule has 0 heterocycles. The third-order valence-corrected chi connectivity index (χ3v) is 9.07. The number of hydrogen-bond donors (Lipinski definition) is 2. The maximum absolute atomic E-state index is 12.3. The number of ketones is 1. The van der Waals surface area contributed by atoms with Crippen molar-refractivity contribution in [1.82, 2.24) is 0 Å². The molecule has 4 fully saturated rings. The summed E-state index contributed by atoms with van der Waals surface area (Å²) in [5.41, 5.74) is -0.226. The summed E-state index contributed by atoms with van der Waals surface area (Å²) >= 11 is 0. The highest BCUT2D eigenvalue weighted by Crippen LogP contribution is 2.68. The van der Waals surface area contributed by atoms with Crippen LogP contribution in [0.3, 0.4) is 0 Å². The average Bonchev–Trinajstić information content (AvgIpc) is 2.87. The molecule has 4 aliphatic carbocycles. The quantitative estimate of drug-likeness (QED) is 0.384. The van der Waals surface area contributed by atoms with E-state index in [-0.39, 0.29) is 16.6 Å². The first-order chi connectivity index (χ1) is 12.3. The van der Waals surface area contributed by atoms with Gasteiger partial charge in [0, 0.05) is 17.4 Å². The van der Waals surface area contributed by atoms with Crippen LogP contribution in [0.15, 0.2) is 11.8 Å². The van der Waals surface area contributed by atoms with Gasteiger partial charge in [-0.2, -0.15) is 0 Å². The highest BCUT2D eigenvalue weighted by molar-refractivity contribution is 5.96. The molecule has 0 amide bonds. The molecule has 7 atom stereocenters. The third kappa shape index (κ3) is 2.21. The lowest BCUT2D eigenvalue weighted by Crippen LogP contribution is -2.56. The van der Waals surface area contributed by atoms with E-state index >= 15 is 0 Å². The first-order valence-electron chi connectivity index (χ1n) is 10.3. The molecule has 0 aromatic carbocycles. The smallest absolute Gasteiger partial charge is 0.162 e. The third-order valence-electron chi connectivity index (χ3n) is 9.07. The van der Waals surface area contributed by atoms with E-state index in [0.29, 0.717) is 35.7 Å². The molecule has 3 nitrogen and oxygen atoms in total. The molecule has 4 rings (SSSR count). The van der Waals surface area contributed by atoms with Crippen LogP contribution in [-0.2, 0) is 4.79 Å². The number of Topliss-reactive ketones (excluding diaryl/α,β-unsaturated/α-hetero) is 1. The van der Waals surface area contributed by atoms with Crippen molar-refractivity contribution in [1.29, 1.82) is 0 Å². The standard InChI is InChI=1S/C23H32O3/c1-4-9-23(26)11-8-19-17-6-5-16-12-20(25)15(14-24)13-21(16,2)18(17)7-10-22(19,23)3/h14,16-19,24,26H,5-8,10-13H2,1-3H3/b15-14-/t16-,17+,18-,19-,21-,22-,23-/m0/s1. The SMILES string of the molecule is CC#C[C@]1(O)CC[C@H]2[C@@H]3CC[C@H]4CC(=O)/C(=C\O)C[C@]4(C)[C@H]3CC[C@@]21C. The Hall–Kier alpha value is -1.27. The van der Waals surface area contributed by atoms with Crippen molar-refractivity contribution in [3.8, 4) is 11.8 Å². The van der Waals surface area contributed by atoms with E-state index in [1.807, 2.05) is 6.92 Å². The Balaban J connectivity index is 1.67. The fourth-order valence-corrected chi connectivity index (χ4v) is 7.56. The fourth-order valence-electron chi connectivity index (χ4n) is 7.56. The van der Waals surface area contributed by atoms with Gasteiger partial charge in [-0.3, -0.25) is 4.79 Å². The van der Waals surface area contributed by atoms with Gasteiger partial charge in [-0.1, -0.05) is 19.8 Å². The first kappa shape index (κ1) is 18.1. The van der Waals surface area contributed by atoms with Crippen LogP contribution in [0.25, 0.3) is 0 Å². The van der Waals surface area contributed by atoms with Crippen molar-refractivity contribution < 1.29 is 15.0 Å². The second-order valence-corrected chi connectivity index (χ2v) is 9.85. The van der Waals surface area contributed by atoms with Crippen LogP contribution in [-0.4, -0.2) is 21.6 Å². The second-order valence-electron chi connectivity index (χ2n) is 9.85. The Bertz CT molecular complexity index is 713. The normalized spacial score (nSPS) is 51.8. The molecule has 0 aromatic heterocycles. The molecule has 4 saturated carbocycles. The average molecular weight is 357 g/mol. The number of carbonyl (C=O) groups excluding carboxylic acids is 1. The number of carbonyl (C=O) groups is 1. The van der Waals surface area contributed by atoms with E-state index in [0.717, 1.165) is 44.8 Å². The largest absolute Gasteiger partial charge is 0.515 e. The summed E-state index contributed by atoms with van der Waals surface area (Å²) in [7, 11) is 0. The number of hydrogen-bond acceptors (Lipinski definition) is 3. The molecule has 0 aliphatic heterocycles. The predicted molar refractivity (Wildman–Crippen MR) is 101 cm³/mol. The van der Waals surface area contributed by atoms with Gasteiger partial charge in [0.2, 0.25) is 0 Å². The summed E-state index contributed by atoms with van der Waals surface area (Å²) in [4.78, 5) is 12.3. The minimum Gasteiger partial charge on any atom is -0.515 e. The highest BCUT2D eigenvalue weighted by Gasteiger charge is 2.64. The number of allylic oxidation sites excluding steroid dienone is 1. The summed E-state index contributed by atoms with van der Waals surface area (Å²) in [5.74, 6) is 8.43. The Labute approximate surface area is 157 Å². The number of aliphatic hydroxyl groups is 2. The molecule has 0 radical (unpaired) electrons. The van der Waals surface area contributed by atoms with Gasteiger partial charge in [-0.05, 0) is 81.0 Å². The molecule has 0 aromatic rings. The molecule has 3 heteroatoms. The van der Waals surface area contributed by atoms with Gasteiger partial charge in [-0.15, -0.1) is 5.92 Å². The topological polar surface area (TPSA) is 57.5 Å². The fraction of sp³-hybridized carbons (Fsp3) is 0.783. The second kappa shape index (κ2) is 5.86. The highest BCUT2D eigenvalue weighted by atomic mass is 16.3. The van der Waals surface area contributed by atoms with Gasteiger partial charge < -0.3 is 10.2 Å². The Morgan fingerprint density at radius 2 is 1.85 bits per heavy atom. The Morgan fingerprint density at radius 1 is 1.12 bits per heavy atom. The van der Waals surface area contributed by atoms with Crippen molar-refractivity contribution >= 4 is 5.78 Å². The minimum absolute atomic E-state index is 0.101. The number of aliphatic hydroxyl groups excluding tert-OH is 1. The van der Waals surface area contributed by atoms with E-state index in [1.54, 1.807) is 0 Å². The molecule has 4 aliphatic rings.